The molecule has 1 atom stereocenters. The zero-order chi connectivity index (χ0) is 19.7. The van der Waals surface area contributed by atoms with Crippen LogP contribution in [0.1, 0.15) is 5.56 Å². The number of aromatic amines is 1. The summed E-state index contributed by atoms with van der Waals surface area (Å²) in [6.07, 6.45) is 2.22. The van der Waals surface area contributed by atoms with E-state index in [1.807, 2.05) is 48.7 Å². The van der Waals surface area contributed by atoms with Crippen molar-refractivity contribution in [1.82, 2.24) is 15.2 Å². The molecule has 2 heterocycles. The fourth-order valence-electron chi connectivity index (χ4n) is 3.42. The summed E-state index contributed by atoms with van der Waals surface area (Å²) in [5, 5.41) is 3.71. The Labute approximate surface area is 161 Å². The topological polar surface area (TPSA) is 85.5 Å². The van der Waals surface area contributed by atoms with E-state index in [9.17, 15) is 14.4 Å². The van der Waals surface area contributed by atoms with Gasteiger partial charge < -0.3 is 15.2 Å². The second kappa shape index (κ2) is 7.19. The van der Waals surface area contributed by atoms with Crippen molar-refractivity contribution in [2.75, 3.05) is 18.5 Å². The molecule has 0 radical (unpaired) electrons. The van der Waals surface area contributed by atoms with Crippen LogP contribution in [-0.4, -0.2) is 47.4 Å². The van der Waals surface area contributed by atoms with Gasteiger partial charge in [-0.15, -0.1) is 0 Å². The molecule has 7 nitrogen and oxygen atoms in total. The van der Waals surface area contributed by atoms with Crippen LogP contribution in [0, 0.1) is 0 Å². The van der Waals surface area contributed by atoms with Crippen molar-refractivity contribution < 1.29 is 14.4 Å². The van der Waals surface area contributed by atoms with E-state index in [0.29, 0.717) is 12.1 Å². The third-order valence-electron chi connectivity index (χ3n) is 5.02. The fourth-order valence-corrected chi connectivity index (χ4v) is 3.42. The molecule has 142 valence electrons. The predicted molar refractivity (Wildman–Crippen MR) is 106 cm³/mol. The number of anilines is 1. The summed E-state index contributed by atoms with van der Waals surface area (Å²) < 4.78 is 0. The number of rotatable bonds is 5. The monoisotopic (exact) mass is 376 g/mol. The molecule has 0 bridgehead atoms. The second-order valence-corrected chi connectivity index (χ2v) is 6.78. The maximum absolute atomic E-state index is 12.7. The third-order valence-corrected chi connectivity index (χ3v) is 5.02. The highest BCUT2D eigenvalue weighted by Crippen LogP contribution is 2.21. The molecule has 28 heavy (non-hydrogen) atoms. The van der Waals surface area contributed by atoms with Gasteiger partial charge in [0.05, 0.1) is 0 Å². The van der Waals surface area contributed by atoms with Crippen molar-refractivity contribution >= 4 is 34.4 Å². The maximum atomic E-state index is 12.7. The van der Waals surface area contributed by atoms with Crippen molar-refractivity contribution in [1.29, 1.82) is 0 Å². The number of H-pyrrole nitrogens is 1. The molecule has 2 N–H and O–H groups in total. The fraction of sp³-hybridized carbons (Fsp3) is 0.190. The van der Waals surface area contributed by atoms with Gasteiger partial charge in [0.2, 0.25) is 5.91 Å². The summed E-state index contributed by atoms with van der Waals surface area (Å²) >= 11 is 0. The third kappa shape index (κ3) is 3.22. The lowest BCUT2D eigenvalue weighted by atomic mass is 10.1. The summed E-state index contributed by atoms with van der Waals surface area (Å²) in [7, 11) is 1.62. The van der Waals surface area contributed by atoms with Gasteiger partial charge in [-0.1, -0.05) is 36.4 Å². The van der Waals surface area contributed by atoms with Gasteiger partial charge in [-0.3, -0.25) is 14.5 Å². The number of hydrogen-bond acceptors (Lipinski definition) is 3. The van der Waals surface area contributed by atoms with E-state index in [-0.39, 0.29) is 18.4 Å². The maximum Gasteiger partial charge on any atom is 0.325 e. The van der Waals surface area contributed by atoms with Crippen molar-refractivity contribution in [2.45, 2.75) is 12.5 Å². The molecule has 4 amide bonds. The number of nitrogens with zero attached hydrogens (tertiary/aromatic N) is 2. The summed E-state index contributed by atoms with van der Waals surface area (Å²) in [5.41, 5.74) is 2.63. The van der Waals surface area contributed by atoms with E-state index in [1.54, 1.807) is 19.2 Å². The molecular formula is C21H20N4O3. The van der Waals surface area contributed by atoms with E-state index in [2.05, 4.69) is 10.3 Å². The average molecular weight is 376 g/mol. The first-order chi connectivity index (χ1) is 13.5. The number of aromatic nitrogens is 1. The first kappa shape index (κ1) is 17.8. The van der Waals surface area contributed by atoms with Gasteiger partial charge in [0.1, 0.15) is 12.6 Å². The molecule has 3 aromatic rings. The number of carbonyl (C=O) groups is 3. The van der Waals surface area contributed by atoms with Gasteiger partial charge in [0.25, 0.3) is 5.91 Å². The lowest BCUT2D eigenvalue weighted by molar-refractivity contribution is -0.131. The van der Waals surface area contributed by atoms with Crippen LogP contribution in [0.15, 0.2) is 60.8 Å². The van der Waals surface area contributed by atoms with Crippen molar-refractivity contribution in [3.63, 3.8) is 0 Å². The summed E-state index contributed by atoms with van der Waals surface area (Å²) in [6.45, 7) is -0.291. The standard InChI is InChI=1S/C21H20N4O3/c1-24(15-7-3-2-4-8-15)19(26)13-25-20(27)18(23-21(25)28)11-14-12-22-17-10-6-5-9-16(14)17/h2-10,12,18,22H,11,13H2,1H3,(H,23,28). The quantitative estimate of drug-likeness (QED) is 0.670. The number of para-hydroxylation sites is 2. The van der Waals surface area contributed by atoms with Gasteiger partial charge in [-0.2, -0.15) is 0 Å². The molecule has 1 unspecified atom stereocenters. The largest absolute Gasteiger partial charge is 0.361 e. The number of imide groups is 1. The van der Waals surface area contributed by atoms with Crippen molar-refractivity contribution in [3.05, 3.63) is 66.4 Å². The molecule has 1 aromatic heterocycles. The molecule has 1 aliphatic rings. The van der Waals surface area contributed by atoms with Crippen LogP contribution < -0.4 is 10.2 Å². The van der Waals surface area contributed by atoms with Crippen LogP contribution in [0.2, 0.25) is 0 Å². The van der Waals surface area contributed by atoms with Gasteiger partial charge >= 0.3 is 6.03 Å². The molecule has 2 aromatic carbocycles. The van der Waals surface area contributed by atoms with E-state index >= 15 is 0 Å². The van der Waals surface area contributed by atoms with Gasteiger partial charge in [-0.05, 0) is 23.8 Å². The van der Waals surface area contributed by atoms with Crippen LogP contribution in [0.3, 0.4) is 0 Å². The van der Waals surface area contributed by atoms with Crippen molar-refractivity contribution in [3.8, 4) is 0 Å². The second-order valence-electron chi connectivity index (χ2n) is 6.78. The van der Waals surface area contributed by atoms with E-state index in [0.717, 1.165) is 21.4 Å². The Morgan fingerprint density at radius 1 is 1.07 bits per heavy atom. The Hall–Kier alpha value is -3.61. The zero-order valence-electron chi connectivity index (χ0n) is 15.4. The lowest BCUT2D eigenvalue weighted by Crippen LogP contribution is -2.42. The SMILES string of the molecule is CN(C(=O)CN1C(=O)NC(Cc2c[nH]c3ccccc23)C1=O)c1ccccc1. The molecule has 0 aliphatic carbocycles. The molecule has 0 spiro atoms. The number of fused-ring (bicyclic) bond motifs is 1. The number of hydrogen-bond donors (Lipinski definition) is 2. The minimum atomic E-state index is -0.679. The van der Waals surface area contributed by atoms with Crippen molar-refractivity contribution in [2.24, 2.45) is 0 Å². The Bertz CT molecular complexity index is 1040. The zero-order valence-corrected chi connectivity index (χ0v) is 15.4. The molecule has 1 aliphatic heterocycles. The number of likely N-dealkylation sites (N-methyl/N-ethyl adjacent to an activating group) is 1. The predicted octanol–water partition coefficient (Wildman–Crippen LogP) is 2.29. The molecule has 0 saturated carbocycles. The van der Waals surface area contributed by atoms with Crippen LogP contribution in [0.4, 0.5) is 10.5 Å². The Balaban J connectivity index is 1.46. The van der Waals surface area contributed by atoms with E-state index < -0.39 is 12.1 Å². The number of benzene rings is 2. The van der Waals surface area contributed by atoms with Gasteiger partial charge in [0, 0.05) is 36.3 Å². The van der Waals surface area contributed by atoms with Gasteiger partial charge in [-0.25, -0.2) is 4.79 Å². The molecule has 1 saturated heterocycles. The molecule has 4 rings (SSSR count). The first-order valence-corrected chi connectivity index (χ1v) is 9.03. The smallest absolute Gasteiger partial charge is 0.325 e. The summed E-state index contributed by atoms with van der Waals surface area (Å²) in [6, 6.07) is 15.7. The van der Waals surface area contributed by atoms with Crippen LogP contribution in [0.5, 0.6) is 0 Å². The Morgan fingerprint density at radius 3 is 2.57 bits per heavy atom. The highest BCUT2D eigenvalue weighted by atomic mass is 16.2. The van der Waals surface area contributed by atoms with Crippen LogP contribution in [-0.2, 0) is 16.0 Å². The first-order valence-electron chi connectivity index (χ1n) is 9.03. The van der Waals surface area contributed by atoms with Crippen LogP contribution >= 0.6 is 0 Å². The number of nitrogens with one attached hydrogen (secondary N) is 2. The minimum absolute atomic E-state index is 0.291. The van der Waals surface area contributed by atoms with E-state index in [4.69, 9.17) is 0 Å². The lowest BCUT2D eigenvalue weighted by Gasteiger charge is -2.20. The normalized spacial score (nSPS) is 16.5. The van der Waals surface area contributed by atoms with Crippen LogP contribution in [0.25, 0.3) is 10.9 Å². The highest BCUT2D eigenvalue weighted by Gasteiger charge is 2.39. The average Bonchev–Trinajstić information content (AvgIpc) is 3.24. The summed E-state index contributed by atoms with van der Waals surface area (Å²) in [4.78, 5) is 43.2. The number of urea groups is 1. The molecule has 7 heteroatoms. The van der Waals surface area contributed by atoms with Gasteiger partial charge in [0.15, 0.2) is 0 Å². The summed E-state index contributed by atoms with van der Waals surface area (Å²) in [5.74, 6) is -0.715. The highest BCUT2D eigenvalue weighted by molar-refractivity contribution is 6.08. The molecular weight excluding hydrogens is 356 g/mol. The molecule has 1 fully saturated rings. The minimum Gasteiger partial charge on any atom is -0.361 e. The van der Waals surface area contributed by atoms with E-state index in [1.165, 1.54) is 4.90 Å². The Kier molecular flexibility index (Phi) is 4.57. The number of amides is 4. The Morgan fingerprint density at radius 2 is 1.79 bits per heavy atom. The number of carbonyl (C=O) groups excluding carboxylic acids is 3.